The number of esters is 1. The van der Waals surface area contributed by atoms with Gasteiger partial charge in [-0.1, -0.05) is 19.0 Å². The van der Waals surface area contributed by atoms with Gasteiger partial charge in [0.25, 0.3) is 0 Å². The van der Waals surface area contributed by atoms with E-state index in [9.17, 15) is 14.4 Å². The van der Waals surface area contributed by atoms with Gasteiger partial charge in [0, 0.05) is 17.9 Å². The molecule has 0 amide bonds. The summed E-state index contributed by atoms with van der Waals surface area (Å²) in [6.45, 7) is 6.46. The van der Waals surface area contributed by atoms with Crippen LogP contribution in [0.25, 0.3) is 11.4 Å². The maximum absolute atomic E-state index is 13.0. The molecule has 1 aromatic carbocycles. The zero-order chi connectivity index (χ0) is 21.2. The molecule has 1 aromatic heterocycles. The first-order valence-electron chi connectivity index (χ1n) is 9.17. The summed E-state index contributed by atoms with van der Waals surface area (Å²) in [7, 11) is 0. The minimum Gasteiger partial charge on any atom is -0.459 e. The molecule has 0 bridgehead atoms. The smallest absolute Gasteiger partial charge is 0.350 e. The van der Waals surface area contributed by atoms with E-state index in [1.54, 1.807) is 12.1 Å². The molecule has 0 radical (unpaired) electrons. The topological polar surface area (TPSA) is 110 Å². The minimum atomic E-state index is -0.721. The van der Waals surface area contributed by atoms with Crippen LogP contribution in [0.3, 0.4) is 0 Å². The Bertz CT molecular complexity index is 885. The van der Waals surface area contributed by atoms with Crippen LogP contribution in [0.1, 0.15) is 26.7 Å². The van der Waals surface area contributed by atoms with Crippen LogP contribution in [0.4, 0.5) is 4.39 Å². The average Bonchev–Trinajstić information content (AvgIpc) is 3.17. The van der Waals surface area contributed by atoms with Crippen molar-refractivity contribution >= 4 is 5.97 Å². The predicted octanol–water partition coefficient (Wildman–Crippen LogP) is 2.98. The highest BCUT2D eigenvalue weighted by molar-refractivity contribution is 5.93. The van der Waals surface area contributed by atoms with E-state index in [0.29, 0.717) is 23.7 Å². The van der Waals surface area contributed by atoms with Crippen molar-refractivity contribution in [3.05, 3.63) is 47.2 Å². The number of ether oxygens (including phenoxy) is 2. The summed E-state index contributed by atoms with van der Waals surface area (Å²) in [6.07, 6.45) is 0. The molecule has 9 heteroatoms. The molecule has 0 saturated carbocycles. The van der Waals surface area contributed by atoms with E-state index in [1.165, 1.54) is 12.1 Å². The number of carbonyl (C=O) groups excluding carboxylic acids is 1. The van der Waals surface area contributed by atoms with Crippen molar-refractivity contribution in [3.8, 4) is 17.5 Å². The van der Waals surface area contributed by atoms with Crippen LogP contribution >= 0.6 is 0 Å². The molecule has 1 heterocycles. The van der Waals surface area contributed by atoms with E-state index in [0.717, 1.165) is 0 Å². The summed E-state index contributed by atoms with van der Waals surface area (Å²) in [5.74, 6) is -0.662. The van der Waals surface area contributed by atoms with Crippen molar-refractivity contribution in [1.29, 1.82) is 5.26 Å². The van der Waals surface area contributed by atoms with Gasteiger partial charge in [0.2, 0.25) is 11.7 Å². The molecule has 0 spiro atoms. The Balaban J connectivity index is 2.08. The second-order valence-electron chi connectivity index (χ2n) is 6.26. The SMILES string of the molecule is CCOCCOC(=O)/C(C#N)=C(\NCc1nc(-c2ccc(F)cc2)no1)C(C)C. The molecule has 0 atom stereocenters. The van der Waals surface area contributed by atoms with Gasteiger partial charge < -0.3 is 19.3 Å². The molecule has 2 rings (SSSR count). The second-order valence-corrected chi connectivity index (χ2v) is 6.26. The third-order valence-corrected chi connectivity index (χ3v) is 3.83. The lowest BCUT2D eigenvalue weighted by atomic mass is 10.0. The van der Waals surface area contributed by atoms with Gasteiger partial charge in [-0.15, -0.1) is 0 Å². The molecule has 0 aliphatic rings. The first-order chi connectivity index (χ1) is 14.0. The van der Waals surface area contributed by atoms with Crippen LogP contribution in [0.5, 0.6) is 0 Å². The zero-order valence-corrected chi connectivity index (χ0v) is 16.6. The summed E-state index contributed by atoms with van der Waals surface area (Å²) in [6, 6.07) is 7.60. The van der Waals surface area contributed by atoms with Gasteiger partial charge in [-0.05, 0) is 37.1 Å². The summed E-state index contributed by atoms with van der Waals surface area (Å²) in [5, 5.41) is 16.3. The van der Waals surface area contributed by atoms with Crippen LogP contribution in [-0.4, -0.2) is 35.9 Å². The Morgan fingerprint density at radius 2 is 2.03 bits per heavy atom. The molecule has 2 aromatic rings. The van der Waals surface area contributed by atoms with Gasteiger partial charge in [0.1, 0.15) is 18.5 Å². The van der Waals surface area contributed by atoms with Gasteiger partial charge in [-0.25, -0.2) is 9.18 Å². The first-order valence-corrected chi connectivity index (χ1v) is 9.17. The number of halogens is 1. The normalized spacial score (nSPS) is 11.7. The second kappa shape index (κ2) is 10.9. The Morgan fingerprint density at radius 1 is 1.31 bits per heavy atom. The Kier molecular flexibility index (Phi) is 8.30. The lowest BCUT2D eigenvalue weighted by Gasteiger charge is -2.15. The fourth-order valence-corrected chi connectivity index (χ4v) is 2.42. The lowest BCUT2D eigenvalue weighted by Crippen LogP contribution is -2.23. The number of carbonyl (C=O) groups is 1. The maximum Gasteiger partial charge on any atom is 0.350 e. The Hall–Kier alpha value is -3.25. The van der Waals surface area contributed by atoms with E-state index in [1.807, 2.05) is 26.8 Å². The van der Waals surface area contributed by atoms with Gasteiger partial charge in [0.05, 0.1) is 13.2 Å². The number of aromatic nitrogens is 2. The van der Waals surface area contributed by atoms with Crippen LogP contribution in [0, 0.1) is 23.1 Å². The average molecular weight is 402 g/mol. The molecule has 0 aliphatic carbocycles. The van der Waals surface area contributed by atoms with Crippen molar-refractivity contribution in [2.24, 2.45) is 5.92 Å². The first kappa shape index (κ1) is 22.0. The van der Waals surface area contributed by atoms with Crippen LogP contribution in [0.15, 0.2) is 40.1 Å². The van der Waals surface area contributed by atoms with Crippen LogP contribution in [-0.2, 0) is 20.8 Å². The quantitative estimate of drug-likeness (QED) is 0.279. The molecule has 0 fully saturated rings. The zero-order valence-electron chi connectivity index (χ0n) is 16.6. The molecular weight excluding hydrogens is 379 g/mol. The van der Waals surface area contributed by atoms with E-state index < -0.39 is 5.97 Å². The number of hydrogen-bond acceptors (Lipinski definition) is 8. The predicted molar refractivity (Wildman–Crippen MR) is 101 cm³/mol. The Morgan fingerprint density at radius 3 is 2.66 bits per heavy atom. The molecule has 29 heavy (non-hydrogen) atoms. The largest absolute Gasteiger partial charge is 0.459 e. The van der Waals surface area contributed by atoms with Gasteiger partial charge in [-0.3, -0.25) is 0 Å². The summed E-state index contributed by atoms with van der Waals surface area (Å²) >= 11 is 0. The van der Waals surface area contributed by atoms with Gasteiger partial charge >= 0.3 is 5.97 Å². The highest BCUT2D eigenvalue weighted by Crippen LogP contribution is 2.17. The highest BCUT2D eigenvalue weighted by Gasteiger charge is 2.20. The van der Waals surface area contributed by atoms with Crippen molar-refractivity contribution in [2.75, 3.05) is 19.8 Å². The minimum absolute atomic E-state index is 0.0634. The summed E-state index contributed by atoms with van der Waals surface area (Å²) in [5.41, 5.74) is 0.904. The number of benzene rings is 1. The maximum atomic E-state index is 13.0. The standard InChI is InChI=1S/C20H23FN4O4/c1-4-27-9-10-28-20(26)16(11-22)18(13(2)3)23-12-17-24-19(25-29-17)14-5-7-15(21)8-6-14/h5-8,13,23H,4,9-10,12H2,1-3H3/b18-16-. The van der Waals surface area contributed by atoms with Gasteiger partial charge in [0.15, 0.2) is 5.57 Å². The van der Waals surface area contributed by atoms with Crippen LogP contribution in [0.2, 0.25) is 0 Å². The van der Waals surface area contributed by atoms with Crippen molar-refractivity contribution in [3.63, 3.8) is 0 Å². The molecule has 0 unspecified atom stereocenters. The number of nitriles is 1. The third kappa shape index (κ3) is 6.40. The molecule has 8 nitrogen and oxygen atoms in total. The summed E-state index contributed by atoms with van der Waals surface area (Å²) < 4.78 is 28.4. The van der Waals surface area contributed by atoms with Crippen molar-refractivity contribution < 1.29 is 23.2 Å². The lowest BCUT2D eigenvalue weighted by molar-refractivity contribution is -0.140. The number of nitrogens with zero attached hydrogens (tertiary/aromatic N) is 3. The fraction of sp³-hybridized carbons (Fsp3) is 0.400. The number of allylic oxidation sites excluding steroid dienone is 1. The third-order valence-electron chi connectivity index (χ3n) is 3.83. The van der Waals surface area contributed by atoms with Crippen LogP contribution < -0.4 is 5.32 Å². The fourth-order valence-electron chi connectivity index (χ4n) is 2.42. The Labute approximate surface area is 168 Å². The van der Waals surface area contributed by atoms with Crippen molar-refractivity contribution in [2.45, 2.75) is 27.3 Å². The van der Waals surface area contributed by atoms with Crippen molar-refractivity contribution in [1.82, 2.24) is 15.5 Å². The van der Waals surface area contributed by atoms with E-state index in [-0.39, 0.29) is 43.0 Å². The molecule has 0 saturated heterocycles. The number of rotatable bonds is 10. The molecule has 0 aliphatic heterocycles. The van der Waals surface area contributed by atoms with E-state index in [4.69, 9.17) is 14.0 Å². The molecule has 154 valence electrons. The van der Waals surface area contributed by atoms with Gasteiger partial charge in [-0.2, -0.15) is 10.2 Å². The summed E-state index contributed by atoms with van der Waals surface area (Å²) in [4.78, 5) is 16.5. The highest BCUT2D eigenvalue weighted by atomic mass is 19.1. The van der Waals surface area contributed by atoms with E-state index >= 15 is 0 Å². The number of hydrogen-bond donors (Lipinski definition) is 1. The molecular formula is C20H23FN4O4. The monoisotopic (exact) mass is 402 g/mol. The number of nitrogens with one attached hydrogen (secondary N) is 1. The molecule has 1 N–H and O–H groups in total. The van der Waals surface area contributed by atoms with E-state index in [2.05, 4.69) is 15.5 Å².